The SMILES string of the molecule is COc1ccccc1NC(=O)[C@@H](Cc1ccccc1)N1C(=O)[C@@H]2[C@H]3CC[C@@H](C3)[C@@H]2C1=O. The van der Waals surface area contributed by atoms with Gasteiger partial charge in [-0.1, -0.05) is 42.5 Å². The lowest BCUT2D eigenvalue weighted by Gasteiger charge is -2.27. The van der Waals surface area contributed by atoms with Crippen LogP contribution in [-0.2, 0) is 20.8 Å². The van der Waals surface area contributed by atoms with E-state index in [2.05, 4.69) is 5.32 Å². The van der Waals surface area contributed by atoms with Crippen LogP contribution in [-0.4, -0.2) is 35.8 Å². The maximum absolute atomic E-state index is 13.4. The summed E-state index contributed by atoms with van der Waals surface area (Å²) < 4.78 is 5.35. The van der Waals surface area contributed by atoms with E-state index in [1.165, 1.54) is 12.0 Å². The van der Waals surface area contributed by atoms with E-state index in [9.17, 15) is 14.4 Å². The topological polar surface area (TPSA) is 75.7 Å². The van der Waals surface area contributed by atoms with Crippen molar-refractivity contribution in [2.24, 2.45) is 23.7 Å². The Morgan fingerprint density at radius 1 is 1.00 bits per heavy atom. The van der Waals surface area contributed by atoms with Gasteiger partial charge in [0, 0.05) is 6.42 Å². The van der Waals surface area contributed by atoms with Crippen molar-refractivity contribution in [3.8, 4) is 5.75 Å². The van der Waals surface area contributed by atoms with Gasteiger partial charge in [0.1, 0.15) is 11.8 Å². The molecule has 3 amide bonds. The number of methoxy groups -OCH3 is 1. The molecule has 0 radical (unpaired) electrons. The molecule has 3 aliphatic rings. The molecule has 6 nitrogen and oxygen atoms in total. The van der Waals surface area contributed by atoms with Crippen molar-refractivity contribution >= 4 is 23.4 Å². The molecular formula is C25H26N2O4. The summed E-state index contributed by atoms with van der Waals surface area (Å²) in [5, 5.41) is 2.89. The first kappa shape index (κ1) is 19.8. The minimum atomic E-state index is -0.891. The van der Waals surface area contributed by atoms with Gasteiger partial charge in [-0.15, -0.1) is 0 Å². The highest BCUT2D eigenvalue weighted by Gasteiger charge is 2.62. The Balaban J connectivity index is 1.47. The van der Waals surface area contributed by atoms with Gasteiger partial charge in [0.05, 0.1) is 24.6 Å². The highest BCUT2D eigenvalue weighted by Crippen LogP contribution is 2.56. The number of fused-ring (bicyclic) bond motifs is 5. The van der Waals surface area contributed by atoms with Crippen molar-refractivity contribution in [3.05, 3.63) is 60.2 Å². The number of nitrogens with one attached hydrogen (secondary N) is 1. The van der Waals surface area contributed by atoms with Gasteiger partial charge >= 0.3 is 0 Å². The number of carbonyl (C=O) groups is 3. The van der Waals surface area contributed by atoms with Crippen LogP contribution in [0.3, 0.4) is 0 Å². The molecule has 6 heteroatoms. The predicted molar refractivity (Wildman–Crippen MR) is 115 cm³/mol. The number of amides is 3. The smallest absolute Gasteiger partial charge is 0.248 e. The van der Waals surface area contributed by atoms with Crippen molar-refractivity contribution < 1.29 is 19.1 Å². The van der Waals surface area contributed by atoms with Crippen LogP contribution in [0.1, 0.15) is 24.8 Å². The normalized spacial score (nSPS) is 27.3. The number of carbonyl (C=O) groups excluding carboxylic acids is 3. The van der Waals surface area contributed by atoms with Gasteiger partial charge in [0.15, 0.2) is 0 Å². The van der Waals surface area contributed by atoms with Crippen LogP contribution in [0.5, 0.6) is 5.75 Å². The van der Waals surface area contributed by atoms with Crippen LogP contribution in [0.15, 0.2) is 54.6 Å². The third kappa shape index (κ3) is 3.30. The van der Waals surface area contributed by atoms with Gasteiger partial charge in [-0.3, -0.25) is 19.3 Å². The van der Waals surface area contributed by atoms with Gasteiger partial charge < -0.3 is 10.1 Å². The lowest BCUT2D eigenvalue weighted by molar-refractivity contribution is -0.147. The maximum Gasteiger partial charge on any atom is 0.248 e. The summed E-state index contributed by atoms with van der Waals surface area (Å²) in [5.41, 5.74) is 1.43. The highest BCUT2D eigenvalue weighted by molar-refractivity contribution is 6.10. The monoisotopic (exact) mass is 418 g/mol. The molecule has 0 aromatic heterocycles. The van der Waals surface area contributed by atoms with Crippen LogP contribution < -0.4 is 10.1 Å². The van der Waals surface area contributed by atoms with Crippen LogP contribution >= 0.6 is 0 Å². The third-order valence-electron chi connectivity index (χ3n) is 7.21. The Morgan fingerprint density at radius 3 is 2.26 bits per heavy atom. The molecule has 2 bridgehead atoms. The zero-order valence-corrected chi connectivity index (χ0v) is 17.5. The van der Waals surface area contributed by atoms with Gasteiger partial charge in [0.2, 0.25) is 17.7 Å². The number of rotatable bonds is 6. The summed E-state index contributed by atoms with van der Waals surface area (Å²) in [6.45, 7) is 0. The van der Waals surface area contributed by atoms with Crippen molar-refractivity contribution in [1.29, 1.82) is 0 Å². The zero-order chi connectivity index (χ0) is 21.5. The number of likely N-dealkylation sites (tertiary alicyclic amines) is 1. The number of imide groups is 1. The molecule has 2 aromatic rings. The fourth-order valence-electron chi connectivity index (χ4n) is 5.84. The van der Waals surface area contributed by atoms with E-state index < -0.39 is 6.04 Å². The standard InChI is InChI=1S/C25H26N2O4/c1-31-20-10-6-5-9-18(20)26-23(28)19(13-15-7-3-2-4-8-15)27-24(29)21-16-11-12-17(14-16)22(21)25(27)30/h2-10,16-17,19,21-22H,11-14H2,1H3,(H,26,28)/t16-,17-,19+,21-,22+/m0/s1. The second kappa shape index (κ2) is 7.84. The number of hydrogen-bond acceptors (Lipinski definition) is 4. The first-order valence-electron chi connectivity index (χ1n) is 10.9. The molecule has 2 saturated carbocycles. The average molecular weight is 418 g/mol. The lowest BCUT2D eigenvalue weighted by Crippen LogP contribution is -2.49. The lowest BCUT2D eigenvalue weighted by atomic mass is 9.81. The molecule has 1 N–H and O–H groups in total. The van der Waals surface area contributed by atoms with Gasteiger partial charge in [-0.25, -0.2) is 0 Å². The average Bonchev–Trinajstić information content (AvgIpc) is 3.47. The van der Waals surface area contributed by atoms with Crippen molar-refractivity contribution in [2.45, 2.75) is 31.7 Å². The molecule has 2 aromatic carbocycles. The molecule has 1 heterocycles. The van der Waals surface area contributed by atoms with Crippen molar-refractivity contribution in [1.82, 2.24) is 4.90 Å². The Labute approximate surface area is 181 Å². The minimum Gasteiger partial charge on any atom is -0.495 e. The third-order valence-corrected chi connectivity index (χ3v) is 7.21. The Kier molecular flexibility index (Phi) is 5.00. The number of benzene rings is 2. The van der Waals surface area contributed by atoms with Crippen LogP contribution in [0.25, 0.3) is 0 Å². The van der Waals surface area contributed by atoms with Crippen molar-refractivity contribution in [3.63, 3.8) is 0 Å². The summed E-state index contributed by atoms with van der Waals surface area (Å²) in [4.78, 5) is 41.5. The number of nitrogens with zero attached hydrogens (tertiary/aromatic N) is 1. The van der Waals surface area contributed by atoms with E-state index in [-0.39, 0.29) is 47.8 Å². The molecule has 2 aliphatic carbocycles. The Morgan fingerprint density at radius 2 is 1.61 bits per heavy atom. The second-order valence-corrected chi connectivity index (χ2v) is 8.83. The van der Waals surface area contributed by atoms with E-state index >= 15 is 0 Å². The van der Waals surface area contributed by atoms with Crippen molar-refractivity contribution in [2.75, 3.05) is 12.4 Å². The molecule has 0 unspecified atom stereocenters. The molecule has 1 aliphatic heterocycles. The molecule has 0 spiro atoms. The van der Waals surface area contributed by atoms with Gasteiger partial charge in [0.25, 0.3) is 0 Å². The van der Waals surface area contributed by atoms with Gasteiger partial charge in [-0.05, 0) is 48.8 Å². The van der Waals surface area contributed by atoms with E-state index in [0.717, 1.165) is 24.8 Å². The molecule has 5 rings (SSSR count). The predicted octanol–water partition coefficient (Wildman–Crippen LogP) is 3.28. The van der Waals surface area contributed by atoms with E-state index in [0.29, 0.717) is 11.4 Å². The summed E-state index contributed by atoms with van der Waals surface area (Å²) in [6, 6.07) is 15.8. The molecule has 5 atom stereocenters. The van der Waals surface area contributed by atoms with Crippen LogP contribution in [0, 0.1) is 23.7 Å². The molecule has 3 fully saturated rings. The fourth-order valence-corrected chi connectivity index (χ4v) is 5.84. The molecule has 160 valence electrons. The molecule has 31 heavy (non-hydrogen) atoms. The first-order valence-corrected chi connectivity index (χ1v) is 10.9. The zero-order valence-electron chi connectivity index (χ0n) is 17.5. The van der Waals surface area contributed by atoms with E-state index in [4.69, 9.17) is 4.74 Å². The van der Waals surface area contributed by atoms with E-state index in [1.807, 2.05) is 36.4 Å². The number of para-hydroxylation sites is 2. The summed E-state index contributed by atoms with van der Waals surface area (Å²) >= 11 is 0. The Bertz CT molecular complexity index is 993. The minimum absolute atomic E-state index is 0.168. The second-order valence-electron chi connectivity index (χ2n) is 8.83. The van der Waals surface area contributed by atoms with Gasteiger partial charge in [-0.2, -0.15) is 0 Å². The van der Waals surface area contributed by atoms with Crippen LogP contribution in [0.2, 0.25) is 0 Å². The Hall–Kier alpha value is -3.15. The maximum atomic E-state index is 13.4. The summed E-state index contributed by atoms with van der Waals surface area (Å²) in [5.74, 6) is -0.105. The number of hydrogen-bond donors (Lipinski definition) is 1. The first-order chi connectivity index (χ1) is 15.1. The van der Waals surface area contributed by atoms with E-state index in [1.54, 1.807) is 18.2 Å². The quantitative estimate of drug-likeness (QED) is 0.731. The summed E-state index contributed by atoms with van der Waals surface area (Å²) in [7, 11) is 1.54. The number of ether oxygens (including phenoxy) is 1. The van der Waals surface area contributed by atoms with Crippen LogP contribution in [0.4, 0.5) is 5.69 Å². The molecular weight excluding hydrogens is 392 g/mol. The fraction of sp³-hybridized carbons (Fsp3) is 0.400. The number of anilines is 1. The highest BCUT2D eigenvalue weighted by atomic mass is 16.5. The summed E-state index contributed by atoms with van der Waals surface area (Å²) in [6.07, 6.45) is 3.27. The largest absolute Gasteiger partial charge is 0.495 e. The molecule has 1 saturated heterocycles.